The van der Waals surface area contributed by atoms with Crippen molar-refractivity contribution in [2.24, 2.45) is 0 Å². The molecule has 0 radical (unpaired) electrons. The van der Waals surface area contributed by atoms with Crippen LogP contribution in [0.3, 0.4) is 0 Å². The molecule has 17 nitrogen and oxygen atoms in total. The van der Waals surface area contributed by atoms with Crippen LogP contribution in [-0.2, 0) is 20.2 Å². The number of hydrogen-bond acceptors (Lipinski definition) is 13. The number of tetrazole rings is 1. The molecule has 0 amide bonds. The molecule has 19 heteroatoms. The molecule has 4 aromatic rings. The number of hydrogen-bond donors (Lipinski definition) is 0. The van der Waals surface area contributed by atoms with Crippen molar-refractivity contribution >= 4 is 37.9 Å². The molecule has 4 rings (SSSR count). The molecule has 0 fully saturated rings. The monoisotopic (exact) mass is 575 g/mol. The standard InChI is InChI=1S/C20H12N6O11S2/c27-11-12-9-15(26(30)31)5-8-18(12)24-22-20(21-23(24)13-1-3-14(4-2-13)25(28)29)17-7-6-16(38(32,33)34)10-19(17)39(35,36)37/h1-11H,(H-,32,33,34,35,36,37)/p-1. The van der Waals surface area contributed by atoms with Crippen molar-refractivity contribution in [3.05, 3.63) is 86.5 Å². The molecule has 0 saturated heterocycles. The van der Waals surface area contributed by atoms with Crippen LogP contribution in [-0.4, -0.2) is 57.1 Å². The lowest BCUT2D eigenvalue weighted by molar-refractivity contribution is -0.734. The summed E-state index contributed by atoms with van der Waals surface area (Å²) in [5, 5.41) is 30.4. The lowest BCUT2D eigenvalue weighted by atomic mass is 10.2. The summed E-state index contributed by atoms with van der Waals surface area (Å²) in [5.74, 6) is -0.521. The minimum atomic E-state index is -5.40. The summed E-state index contributed by atoms with van der Waals surface area (Å²) >= 11 is 0. The Morgan fingerprint density at radius 3 is 1.97 bits per heavy atom. The number of nitrogens with zero attached hydrogens (tertiary/aromatic N) is 6. The largest absolute Gasteiger partial charge is 0.744 e. The van der Waals surface area contributed by atoms with Crippen LogP contribution < -0.4 is 4.80 Å². The number of non-ortho nitro benzene ring substituents is 2. The van der Waals surface area contributed by atoms with Gasteiger partial charge in [0.2, 0.25) is 0 Å². The Balaban J connectivity index is 2.03. The van der Waals surface area contributed by atoms with Gasteiger partial charge in [0.05, 0.1) is 35.9 Å². The van der Waals surface area contributed by atoms with Crippen molar-refractivity contribution in [2.75, 3.05) is 0 Å². The van der Waals surface area contributed by atoms with E-state index in [4.69, 9.17) is 0 Å². The van der Waals surface area contributed by atoms with Crippen LogP contribution in [0.4, 0.5) is 11.4 Å². The molecule has 1 heterocycles. The third-order valence-corrected chi connectivity index (χ3v) is 6.87. The molecule has 0 aliphatic heterocycles. The van der Waals surface area contributed by atoms with E-state index < -0.39 is 56.9 Å². The first kappa shape index (κ1) is 27.1. The van der Waals surface area contributed by atoms with Crippen molar-refractivity contribution in [3.63, 3.8) is 0 Å². The Bertz CT molecular complexity index is 1890. The van der Waals surface area contributed by atoms with E-state index in [-0.39, 0.29) is 28.9 Å². The van der Waals surface area contributed by atoms with E-state index in [1.807, 2.05) is 0 Å². The molecule has 200 valence electrons. The van der Waals surface area contributed by atoms with Gasteiger partial charge in [-0.3, -0.25) is 25.0 Å². The van der Waals surface area contributed by atoms with E-state index >= 15 is 0 Å². The fourth-order valence-corrected chi connectivity index (χ4v) is 4.68. The molecule has 0 N–H and O–H groups in total. The van der Waals surface area contributed by atoms with Gasteiger partial charge in [0.1, 0.15) is 25.9 Å². The Hall–Kier alpha value is -4.98. The topological polar surface area (TPSA) is 252 Å². The van der Waals surface area contributed by atoms with E-state index in [1.54, 1.807) is 0 Å². The molecule has 0 aliphatic rings. The van der Waals surface area contributed by atoms with Crippen LogP contribution in [0.2, 0.25) is 0 Å². The maximum Gasteiger partial charge on any atom is 0.341 e. The minimum Gasteiger partial charge on any atom is -0.744 e. The van der Waals surface area contributed by atoms with Crippen molar-refractivity contribution in [1.82, 2.24) is 15.0 Å². The van der Waals surface area contributed by atoms with Crippen LogP contribution in [0.25, 0.3) is 22.8 Å². The highest BCUT2D eigenvalue weighted by Gasteiger charge is 2.29. The SMILES string of the molecule is O=Cc1cc([N+](=O)[O-])ccc1-[n+]1nc(-c2ccc(S(=O)(=O)[O-])cc2S(=O)(=O)[O-])nn1-c1ccc([N+](=O)[O-])cc1. The average Bonchev–Trinajstić information content (AvgIpc) is 3.32. The van der Waals surface area contributed by atoms with Gasteiger partial charge in [0.25, 0.3) is 11.4 Å². The molecule has 39 heavy (non-hydrogen) atoms. The summed E-state index contributed by atoms with van der Waals surface area (Å²) in [6, 6.07) is 9.60. The second kappa shape index (κ2) is 9.72. The fourth-order valence-electron chi connectivity index (χ4n) is 3.40. The van der Waals surface area contributed by atoms with Crippen LogP contribution in [0.15, 0.2) is 70.5 Å². The maximum atomic E-state index is 11.9. The first-order valence-electron chi connectivity index (χ1n) is 10.2. The van der Waals surface area contributed by atoms with Gasteiger partial charge in [0.15, 0.2) is 12.0 Å². The van der Waals surface area contributed by atoms with E-state index in [0.717, 1.165) is 52.1 Å². The number of aromatic nitrogens is 4. The predicted molar refractivity (Wildman–Crippen MR) is 123 cm³/mol. The predicted octanol–water partition coefficient (Wildman–Crippen LogP) is 0.648. The van der Waals surface area contributed by atoms with Gasteiger partial charge in [0, 0.05) is 29.1 Å². The van der Waals surface area contributed by atoms with Gasteiger partial charge in [-0.2, -0.15) is 0 Å². The zero-order valence-electron chi connectivity index (χ0n) is 18.8. The highest BCUT2D eigenvalue weighted by Crippen LogP contribution is 2.28. The normalized spacial score (nSPS) is 11.7. The molecule has 0 atom stereocenters. The summed E-state index contributed by atoms with van der Waals surface area (Å²) in [6.07, 6.45) is 0.269. The Morgan fingerprint density at radius 2 is 1.44 bits per heavy atom. The van der Waals surface area contributed by atoms with Crippen LogP contribution in [0.1, 0.15) is 10.4 Å². The maximum absolute atomic E-state index is 11.9. The molecule has 0 saturated carbocycles. The van der Waals surface area contributed by atoms with Gasteiger partial charge in [-0.05, 0) is 46.3 Å². The summed E-state index contributed by atoms with van der Waals surface area (Å²) in [5.41, 5.74) is -1.58. The second-order valence-electron chi connectivity index (χ2n) is 7.56. The molecule has 0 aliphatic carbocycles. The molecule has 1 aromatic heterocycles. The molecular weight excluding hydrogens is 564 g/mol. The quantitative estimate of drug-likeness (QED) is 0.0920. The second-order valence-corrected chi connectivity index (χ2v) is 10.3. The first-order chi connectivity index (χ1) is 18.2. The van der Waals surface area contributed by atoms with E-state index in [2.05, 4.69) is 10.2 Å². The summed E-state index contributed by atoms with van der Waals surface area (Å²) in [6.45, 7) is 0. The van der Waals surface area contributed by atoms with E-state index in [9.17, 15) is 51.0 Å². The Kier molecular flexibility index (Phi) is 6.74. The highest BCUT2D eigenvalue weighted by molar-refractivity contribution is 7.86. The molecule has 0 bridgehead atoms. The fraction of sp³-hybridized carbons (Fsp3) is 0. The zero-order valence-corrected chi connectivity index (χ0v) is 20.5. The zero-order chi connectivity index (χ0) is 28.7. The van der Waals surface area contributed by atoms with E-state index in [0.29, 0.717) is 6.07 Å². The van der Waals surface area contributed by atoms with Gasteiger partial charge in [-0.15, -0.1) is 0 Å². The van der Waals surface area contributed by atoms with Crippen molar-refractivity contribution in [3.8, 4) is 22.8 Å². The number of nitro benzene ring substituents is 2. The molecular formula is C20H11N6O11S2-. The molecule has 3 aromatic carbocycles. The third-order valence-electron chi connectivity index (χ3n) is 5.17. The molecule has 0 unspecified atom stereocenters. The average molecular weight is 575 g/mol. The van der Waals surface area contributed by atoms with E-state index in [1.165, 1.54) is 12.1 Å². The van der Waals surface area contributed by atoms with Crippen LogP contribution in [0.5, 0.6) is 0 Å². The van der Waals surface area contributed by atoms with Crippen molar-refractivity contribution < 1.29 is 45.4 Å². The number of carbonyl (C=O) groups is 1. The van der Waals surface area contributed by atoms with Gasteiger partial charge < -0.3 is 9.11 Å². The minimum absolute atomic E-state index is 0.0693. The van der Waals surface area contributed by atoms with Crippen molar-refractivity contribution in [2.45, 2.75) is 9.79 Å². The Morgan fingerprint density at radius 1 is 0.821 bits per heavy atom. The number of benzene rings is 3. The van der Waals surface area contributed by atoms with Crippen LogP contribution >= 0.6 is 0 Å². The van der Waals surface area contributed by atoms with Gasteiger partial charge >= 0.3 is 5.82 Å². The van der Waals surface area contributed by atoms with Gasteiger partial charge in [-0.25, -0.2) is 16.8 Å². The molecule has 0 spiro atoms. The summed E-state index contributed by atoms with van der Waals surface area (Å²) < 4.78 is 70.0. The number of nitro groups is 2. The van der Waals surface area contributed by atoms with Crippen LogP contribution in [0, 0.1) is 20.2 Å². The van der Waals surface area contributed by atoms with Gasteiger partial charge in [-0.1, -0.05) is 0 Å². The number of carbonyl (C=O) groups excluding carboxylic acids is 1. The smallest absolute Gasteiger partial charge is 0.341 e. The van der Waals surface area contributed by atoms with Crippen molar-refractivity contribution in [1.29, 1.82) is 0 Å². The summed E-state index contributed by atoms with van der Waals surface area (Å²) in [7, 11) is -10.6. The lowest BCUT2D eigenvalue weighted by Crippen LogP contribution is -2.44. The Labute approximate surface area is 217 Å². The number of rotatable bonds is 8. The third kappa shape index (κ3) is 5.36. The lowest BCUT2D eigenvalue weighted by Gasteiger charge is -2.13. The highest BCUT2D eigenvalue weighted by atomic mass is 32.2. The summed E-state index contributed by atoms with van der Waals surface area (Å²) in [4.78, 5) is 32.2. The number of aldehydes is 1. The first-order valence-corrected chi connectivity index (χ1v) is 13.0.